The molecule has 102 valence electrons. The monoisotopic (exact) mass is 275 g/mol. The molecule has 0 radical (unpaired) electrons. The molecule has 3 heteroatoms. The van der Waals surface area contributed by atoms with E-state index in [0.29, 0.717) is 24.3 Å². The van der Waals surface area contributed by atoms with E-state index in [1.54, 1.807) is 6.20 Å². The number of hydrogen-bond acceptors (Lipinski definition) is 3. The van der Waals surface area contributed by atoms with E-state index in [4.69, 9.17) is 4.74 Å². The summed E-state index contributed by atoms with van der Waals surface area (Å²) in [5.41, 5.74) is 4.52. The molecular weight excluding hydrogens is 262 g/mol. The molecule has 3 nitrogen and oxygen atoms in total. The van der Waals surface area contributed by atoms with Gasteiger partial charge in [0.05, 0.1) is 18.7 Å². The Kier molecular flexibility index (Phi) is 2.79. The number of fused-ring (bicyclic) bond motifs is 2. The van der Waals surface area contributed by atoms with Crippen LogP contribution in [0.25, 0.3) is 10.9 Å². The fourth-order valence-electron chi connectivity index (χ4n) is 2.77. The lowest BCUT2D eigenvalue weighted by molar-refractivity contribution is 0.104. The van der Waals surface area contributed by atoms with Crippen molar-refractivity contribution in [3.8, 4) is 0 Å². The van der Waals surface area contributed by atoms with Crippen LogP contribution in [0.5, 0.6) is 0 Å². The van der Waals surface area contributed by atoms with Gasteiger partial charge in [-0.05, 0) is 29.3 Å². The van der Waals surface area contributed by atoms with Crippen LogP contribution in [0.15, 0.2) is 54.7 Å². The molecule has 2 aromatic carbocycles. The number of rotatable bonds is 2. The molecule has 1 aliphatic heterocycles. The normalized spacial score (nSPS) is 13.3. The highest BCUT2D eigenvalue weighted by Gasteiger charge is 2.17. The summed E-state index contributed by atoms with van der Waals surface area (Å²) in [5, 5.41) is 0.891. The summed E-state index contributed by atoms with van der Waals surface area (Å²) in [4.78, 5) is 17.1. The van der Waals surface area contributed by atoms with E-state index in [1.165, 1.54) is 5.56 Å². The number of hydrogen-bond donors (Lipinski definition) is 0. The number of carbonyl (C=O) groups excluding carboxylic acids is 1. The highest BCUT2D eigenvalue weighted by Crippen LogP contribution is 2.24. The Morgan fingerprint density at radius 3 is 2.86 bits per heavy atom. The van der Waals surface area contributed by atoms with E-state index in [2.05, 4.69) is 4.98 Å². The molecule has 3 aromatic rings. The van der Waals surface area contributed by atoms with Gasteiger partial charge in [-0.25, -0.2) is 0 Å². The fourth-order valence-corrected chi connectivity index (χ4v) is 2.77. The number of nitrogens with zero attached hydrogens (tertiary/aromatic N) is 1. The number of ether oxygens (including phenoxy) is 1. The van der Waals surface area contributed by atoms with Gasteiger partial charge in [-0.15, -0.1) is 0 Å². The molecule has 0 saturated carbocycles. The molecule has 0 bridgehead atoms. The molecule has 0 amide bonds. The van der Waals surface area contributed by atoms with Gasteiger partial charge >= 0.3 is 0 Å². The van der Waals surface area contributed by atoms with Crippen molar-refractivity contribution in [1.82, 2.24) is 4.98 Å². The number of benzene rings is 2. The maximum Gasteiger partial charge on any atom is 0.193 e. The van der Waals surface area contributed by atoms with Gasteiger partial charge in [0.25, 0.3) is 0 Å². The molecule has 21 heavy (non-hydrogen) atoms. The smallest absolute Gasteiger partial charge is 0.193 e. The summed E-state index contributed by atoms with van der Waals surface area (Å²) in [5.74, 6) is 0.0308. The average molecular weight is 275 g/mol. The van der Waals surface area contributed by atoms with Crippen LogP contribution >= 0.6 is 0 Å². The van der Waals surface area contributed by atoms with Gasteiger partial charge in [0.15, 0.2) is 5.78 Å². The summed E-state index contributed by atoms with van der Waals surface area (Å²) in [7, 11) is 0. The largest absolute Gasteiger partial charge is 0.372 e. The second-order valence-electron chi connectivity index (χ2n) is 5.18. The average Bonchev–Trinajstić information content (AvgIpc) is 3.01. The minimum atomic E-state index is 0.0308. The van der Waals surface area contributed by atoms with Crippen LogP contribution in [0.3, 0.4) is 0 Å². The molecule has 0 fully saturated rings. The highest BCUT2D eigenvalue weighted by molar-refractivity contribution is 6.16. The second-order valence-corrected chi connectivity index (χ2v) is 5.18. The molecule has 1 aliphatic rings. The molecule has 0 saturated heterocycles. The molecule has 0 aliphatic carbocycles. The van der Waals surface area contributed by atoms with E-state index >= 15 is 0 Å². The Hall–Kier alpha value is -2.52. The van der Waals surface area contributed by atoms with Crippen LogP contribution in [-0.4, -0.2) is 10.8 Å². The van der Waals surface area contributed by atoms with Crippen molar-refractivity contribution in [2.75, 3.05) is 0 Å². The Labute approximate surface area is 122 Å². The van der Waals surface area contributed by atoms with Gasteiger partial charge in [0.1, 0.15) is 0 Å². The fraction of sp³-hybridized carbons (Fsp3) is 0.111. The number of ketones is 1. The first-order valence-electron chi connectivity index (χ1n) is 6.91. The number of pyridine rings is 1. The zero-order chi connectivity index (χ0) is 14.2. The second kappa shape index (κ2) is 4.79. The summed E-state index contributed by atoms with van der Waals surface area (Å²) >= 11 is 0. The van der Waals surface area contributed by atoms with Crippen molar-refractivity contribution in [3.05, 3.63) is 77.0 Å². The van der Waals surface area contributed by atoms with Crippen molar-refractivity contribution in [1.29, 1.82) is 0 Å². The Balaban J connectivity index is 1.83. The quantitative estimate of drug-likeness (QED) is 0.672. The molecule has 0 spiro atoms. The van der Waals surface area contributed by atoms with Gasteiger partial charge in [-0.2, -0.15) is 0 Å². The van der Waals surface area contributed by atoms with E-state index in [-0.39, 0.29) is 5.78 Å². The summed E-state index contributed by atoms with van der Waals surface area (Å²) in [6.07, 6.45) is 1.74. The van der Waals surface area contributed by atoms with Gasteiger partial charge in [0.2, 0.25) is 0 Å². The lowest BCUT2D eigenvalue weighted by Crippen LogP contribution is -2.03. The van der Waals surface area contributed by atoms with E-state index < -0.39 is 0 Å². The van der Waals surface area contributed by atoms with Gasteiger partial charge < -0.3 is 4.74 Å². The van der Waals surface area contributed by atoms with Crippen molar-refractivity contribution in [3.63, 3.8) is 0 Å². The molecule has 0 N–H and O–H groups in total. The lowest BCUT2D eigenvalue weighted by Gasteiger charge is -2.06. The van der Waals surface area contributed by atoms with E-state index in [1.807, 2.05) is 48.5 Å². The molecule has 4 rings (SSSR count). The number of aromatic nitrogens is 1. The first kappa shape index (κ1) is 12.2. The zero-order valence-corrected chi connectivity index (χ0v) is 11.4. The van der Waals surface area contributed by atoms with Crippen molar-refractivity contribution in [2.24, 2.45) is 0 Å². The molecular formula is C18H13NO2. The number of carbonyl (C=O) groups is 1. The van der Waals surface area contributed by atoms with Crippen LogP contribution in [0.2, 0.25) is 0 Å². The Bertz CT molecular complexity index is 849. The maximum absolute atomic E-state index is 12.8. The summed E-state index contributed by atoms with van der Waals surface area (Å²) in [6.45, 7) is 1.23. The van der Waals surface area contributed by atoms with Crippen LogP contribution < -0.4 is 0 Å². The highest BCUT2D eigenvalue weighted by atomic mass is 16.5. The lowest BCUT2D eigenvalue weighted by atomic mass is 9.97. The topological polar surface area (TPSA) is 39.2 Å². The Morgan fingerprint density at radius 2 is 1.90 bits per heavy atom. The minimum absolute atomic E-state index is 0.0308. The third-order valence-corrected chi connectivity index (χ3v) is 3.87. The SMILES string of the molecule is O=C(c1ccc2c(c1)COC2)c1cccc2ncccc12. The van der Waals surface area contributed by atoms with Gasteiger partial charge in [-0.1, -0.05) is 30.3 Å². The van der Waals surface area contributed by atoms with Crippen molar-refractivity contribution < 1.29 is 9.53 Å². The predicted molar refractivity (Wildman–Crippen MR) is 80.1 cm³/mol. The first-order valence-corrected chi connectivity index (χ1v) is 6.91. The maximum atomic E-state index is 12.8. The van der Waals surface area contributed by atoms with E-state index in [9.17, 15) is 4.79 Å². The zero-order valence-electron chi connectivity index (χ0n) is 11.4. The van der Waals surface area contributed by atoms with Crippen LogP contribution in [0.4, 0.5) is 0 Å². The van der Waals surface area contributed by atoms with Gasteiger partial charge in [0, 0.05) is 22.7 Å². The first-order chi connectivity index (χ1) is 10.3. The molecule has 0 unspecified atom stereocenters. The molecule has 1 aromatic heterocycles. The van der Waals surface area contributed by atoms with Crippen molar-refractivity contribution in [2.45, 2.75) is 13.2 Å². The van der Waals surface area contributed by atoms with E-state index in [0.717, 1.165) is 16.5 Å². The van der Waals surface area contributed by atoms with Gasteiger partial charge in [-0.3, -0.25) is 9.78 Å². The standard InChI is InChI=1S/C18H13NO2/c20-18(12-6-7-13-10-21-11-14(13)9-12)16-3-1-5-17-15(16)4-2-8-19-17/h1-9H,10-11H2. The summed E-state index contributed by atoms with van der Waals surface area (Å²) < 4.78 is 5.40. The molecule has 2 heterocycles. The van der Waals surface area contributed by atoms with Crippen LogP contribution in [-0.2, 0) is 18.0 Å². The summed E-state index contributed by atoms with van der Waals surface area (Å²) in [6, 6.07) is 15.3. The third-order valence-electron chi connectivity index (χ3n) is 3.87. The van der Waals surface area contributed by atoms with Crippen LogP contribution in [0, 0.1) is 0 Å². The van der Waals surface area contributed by atoms with Crippen molar-refractivity contribution >= 4 is 16.7 Å². The van der Waals surface area contributed by atoms with Crippen LogP contribution in [0.1, 0.15) is 27.0 Å². The minimum Gasteiger partial charge on any atom is -0.372 e. The third kappa shape index (κ3) is 2.03. The Morgan fingerprint density at radius 1 is 1.00 bits per heavy atom. The predicted octanol–water partition coefficient (Wildman–Crippen LogP) is 3.50. The molecule has 0 atom stereocenters.